The number of benzene rings is 1. The molecule has 1 amide bonds. The smallest absolute Gasteiger partial charge is 0.233 e. The lowest BCUT2D eigenvalue weighted by Crippen LogP contribution is -2.51. The van der Waals surface area contributed by atoms with Gasteiger partial charge in [-0.25, -0.2) is 0 Å². The van der Waals surface area contributed by atoms with Crippen LogP contribution in [0.1, 0.15) is 24.8 Å². The number of carbonyl (C=O) groups is 1. The van der Waals surface area contributed by atoms with E-state index in [4.69, 9.17) is 0 Å². The second-order valence-corrected chi connectivity index (χ2v) is 5.89. The van der Waals surface area contributed by atoms with Gasteiger partial charge in [0.1, 0.15) is 0 Å². The molecule has 4 nitrogen and oxygen atoms in total. The van der Waals surface area contributed by atoms with Crippen LogP contribution in [0.4, 0.5) is 0 Å². The quantitative estimate of drug-likeness (QED) is 0.842. The highest BCUT2D eigenvalue weighted by Gasteiger charge is 2.44. The van der Waals surface area contributed by atoms with Crippen LogP contribution in [0.2, 0.25) is 0 Å². The van der Waals surface area contributed by atoms with Gasteiger partial charge in [0, 0.05) is 13.1 Å². The van der Waals surface area contributed by atoms with Crippen molar-refractivity contribution in [3.63, 3.8) is 0 Å². The number of rotatable bonds is 2. The van der Waals surface area contributed by atoms with Crippen molar-refractivity contribution in [2.75, 3.05) is 26.2 Å². The zero-order valence-corrected chi connectivity index (χ0v) is 11.7. The van der Waals surface area contributed by atoms with Crippen LogP contribution in [0.15, 0.2) is 30.3 Å². The van der Waals surface area contributed by atoms with Gasteiger partial charge in [-0.3, -0.25) is 4.79 Å². The van der Waals surface area contributed by atoms with Crippen LogP contribution in [0, 0.1) is 0 Å². The number of aliphatic hydroxyl groups excluding tert-OH is 1. The molecule has 20 heavy (non-hydrogen) atoms. The Kier molecular flexibility index (Phi) is 3.76. The van der Waals surface area contributed by atoms with E-state index in [9.17, 15) is 9.90 Å². The molecule has 2 aliphatic heterocycles. The lowest BCUT2D eigenvalue weighted by molar-refractivity contribution is -0.138. The third kappa shape index (κ3) is 2.34. The van der Waals surface area contributed by atoms with E-state index in [0.717, 1.165) is 31.5 Å². The first-order chi connectivity index (χ1) is 9.72. The zero-order valence-electron chi connectivity index (χ0n) is 11.7. The molecule has 1 aromatic carbocycles. The number of nitrogens with zero attached hydrogens (tertiary/aromatic N) is 1. The fourth-order valence-electron chi connectivity index (χ4n) is 3.47. The summed E-state index contributed by atoms with van der Waals surface area (Å²) in [7, 11) is 0. The first-order valence-corrected chi connectivity index (χ1v) is 7.46. The fourth-order valence-corrected chi connectivity index (χ4v) is 3.47. The minimum atomic E-state index is -0.406. The molecule has 3 rings (SSSR count). The van der Waals surface area contributed by atoms with Crippen LogP contribution < -0.4 is 5.32 Å². The molecule has 0 aliphatic carbocycles. The number of nitrogens with one attached hydrogen (secondary N) is 1. The van der Waals surface area contributed by atoms with Crippen molar-refractivity contribution in [1.29, 1.82) is 0 Å². The average molecular weight is 274 g/mol. The summed E-state index contributed by atoms with van der Waals surface area (Å²) in [6.45, 7) is 2.91. The van der Waals surface area contributed by atoms with Crippen LogP contribution in [0.3, 0.4) is 0 Å². The molecule has 2 N–H and O–H groups in total. The predicted molar refractivity (Wildman–Crippen MR) is 77.4 cm³/mol. The number of hydrogen-bond acceptors (Lipinski definition) is 3. The first kappa shape index (κ1) is 13.6. The van der Waals surface area contributed by atoms with E-state index in [-0.39, 0.29) is 12.0 Å². The van der Waals surface area contributed by atoms with Crippen molar-refractivity contribution in [3.8, 4) is 0 Å². The van der Waals surface area contributed by atoms with E-state index in [1.54, 1.807) is 0 Å². The molecule has 2 aliphatic rings. The van der Waals surface area contributed by atoms with E-state index >= 15 is 0 Å². The minimum Gasteiger partial charge on any atom is -0.391 e. The fraction of sp³-hybridized carbons (Fsp3) is 0.562. The molecule has 2 saturated heterocycles. The highest BCUT2D eigenvalue weighted by atomic mass is 16.3. The molecule has 4 heteroatoms. The van der Waals surface area contributed by atoms with E-state index < -0.39 is 5.41 Å². The van der Waals surface area contributed by atoms with Gasteiger partial charge < -0.3 is 15.3 Å². The summed E-state index contributed by atoms with van der Waals surface area (Å²) in [6, 6.07) is 10.1. The van der Waals surface area contributed by atoms with E-state index in [2.05, 4.69) is 17.4 Å². The molecule has 0 spiro atoms. The predicted octanol–water partition coefficient (Wildman–Crippen LogP) is 0.901. The second-order valence-electron chi connectivity index (χ2n) is 5.89. The van der Waals surface area contributed by atoms with Crippen molar-refractivity contribution in [3.05, 3.63) is 35.9 Å². The van der Waals surface area contributed by atoms with Crippen molar-refractivity contribution >= 4 is 5.91 Å². The topological polar surface area (TPSA) is 52.6 Å². The van der Waals surface area contributed by atoms with Gasteiger partial charge in [0.25, 0.3) is 0 Å². The number of aliphatic hydroxyl groups is 1. The number of piperidine rings is 1. The Morgan fingerprint density at radius 1 is 1.25 bits per heavy atom. The maximum absolute atomic E-state index is 13.1. The van der Waals surface area contributed by atoms with Gasteiger partial charge in [0.15, 0.2) is 0 Å². The summed E-state index contributed by atoms with van der Waals surface area (Å²) in [5, 5.41) is 13.0. The molecular weight excluding hydrogens is 252 g/mol. The van der Waals surface area contributed by atoms with E-state index in [0.29, 0.717) is 19.5 Å². The summed E-state index contributed by atoms with van der Waals surface area (Å²) < 4.78 is 0. The third-order valence-corrected chi connectivity index (χ3v) is 4.64. The maximum Gasteiger partial charge on any atom is 0.233 e. The van der Waals surface area contributed by atoms with Crippen molar-refractivity contribution < 1.29 is 9.90 Å². The normalized spacial score (nSPS) is 25.6. The number of β-amino-alcohol motifs (C(OH)–C–C–N with tert-alkyl or cyclic N) is 1. The monoisotopic (exact) mass is 274 g/mol. The van der Waals surface area contributed by atoms with E-state index in [1.165, 1.54) is 0 Å². The molecule has 1 aromatic rings. The molecular formula is C16H22N2O2. The molecule has 0 aromatic heterocycles. The third-order valence-electron chi connectivity index (χ3n) is 4.64. The minimum absolute atomic E-state index is 0.196. The van der Waals surface area contributed by atoms with Crippen molar-refractivity contribution in [2.45, 2.75) is 30.8 Å². The second kappa shape index (κ2) is 5.54. The van der Waals surface area contributed by atoms with Crippen molar-refractivity contribution in [1.82, 2.24) is 10.2 Å². The standard InChI is InChI=1S/C16H22N2O2/c19-14-6-11-18(12-14)15(20)16(7-9-17-10-8-16)13-4-2-1-3-5-13/h1-5,14,17,19H,6-12H2/t14-/m1/s1. The first-order valence-electron chi connectivity index (χ1n) is 7.46. The van der Waals surface area contributed by atoms with Gasteiger partial charge in [-0.05, 0) is 37.9 Å². The Morgan fingerprint density at radius 2 is 1.95 bits per heavy atom. The van der Waals surface area contributed by atoms with Gasteiger partial charge in [0.2, 0.25) is 5.91 Å². The Labute approximate surface area is 119 Å². The van der Waals surface area contributed by atoms with Crippen molar-refractivity contribution in [2.24, 2.45) is 0 Å². The Balaban J connectivity index is 1.91. The Hall–Kier alpha value is -1.39. The van der Waals surface area contributed by atoms with Crippen LogP contribution >= 0.6 is 0 Å². The molecule has 2 heterocycles. The summed E-state index contributed by atoms with van der Waals surface area (Å²) in [4.78, 5) is 14.9. The molecule has 108 valence electrons. The number of hydrogen-bond donors (Lipinski definition) is 2. The van der Waals surface area contributed by atoms with E-state index in [1.807, 2.05) is 23.1 Å². The molecule has 0 radical (unpaired) electrons. The lowest BCUT2D eigenvalue weighted by atomic mass is 9.72. The molecule has 2 fully saturated rings. The largest absolute Gasteiger partial charge is 0.391 e. The van der Waals surface area contributed by atoms with Gasteiger partial charge >= 0.3 is 0 Å². The lowest BCUT2D eigenvalue weighted by Gasteiger charge is -2.39. The van der Waals surface area contributed by atoms with Crippen LogP contribution in [0.5, 0.6) is 0 Å². The van der Waals surface area contributed by atoms with Gasteiger partial charge in [-0.15, -0.1) is 0 Å². The molecule has 0 saturated carbocycles. The Morgan fingerprint density at radius 3 is 2.55 bits per heavy atom. The molecule has 1 atom stereocenters. The van der Waals surface area contributed by atoms with Gasteiger partial charge in [0.05, 0.1) is 11.5 Å². The SMILES string of the molecule is O=C(N1CC[C@@H](O)C1)C1(c2ccccc2)CCNCC1. The van der Waals surface area contributed by atoms with Gasteiger partial charge in [-0.2, -0.15) is 0 Å². The highest BCUT2D eigenvalue weighted by molar-refractivity contribution is 5.88. The summed E-state index contributed by atoms with van der Waals surface area (Å²) >= 11 is 0. The van der Waals surface area contributed by atoms with Gasteiger partial charge in [-0.1, -0.05) is 30.3 Å². The average Bonchev–Trinajstić information content (AvgIpc) is 2.94. The summed E-state index contributed by atoms with van der Waals surface area (Å²) in [5.41, 5.74) is 0.712. The summed E-state index contributed by atoms with van der Waals surface area (Å²) in [6.07, 6.45) is 2.02. The number of carbonyl (C=O) groups excluding carboxylic acids is 1. The van der Waals surface area contributed by atoms with Crippen LogP contribution in [-0.2, 0) is 10.2 Å². The maximum atomic E-state index is 13.1. The Bertz CT molecular complexity index is 469. The summed E-state index contributed by atoms with van der Waals surface area (Å²) in [5.74, 6) is 0.196. The number of amides is 1. The van der Waals surface area contributed by atoms with Crippen LogP contribution in [0.25, 0.3) is 0 Å². The van der Waals surface area contributed by atoms with Crippen LogP contribution in [-0.4, -0.2) is 48.2 Å². The zero-order chi connectivity index (χ0) is 14.0. The molecule has 0 unspecified atom stereocenters. The molecule has 0 bridgehead atoms. The highest BCUT2D eigenvalue weighted by Crippen LogP contribution is 2.36. The number of likely N-dealkylation sites (tertiary alicyclic amines) is 1.